The standard InChI is InChI=1S/C18H19ClO/c1-2-12-20-17-11-5-10-16(18(17)19)15-9-4-7-13-6-3-8-14(13)15/h4-5,7,9-11H,2-3,6,8,12H2,1H3. The van der Waals surface area contributed by atoms with Gasteiger partial charge in [-0.15, -0.1) is 0 Å². The third kappa shape index (κ3) is 2.43. The second kappa shape index (κ2) is 5.88. The van der Waals surface area contributed by atoms with Crippen LogP contribution in [0.15, 0.2) is 36.4 Å². The van der Waals surface area contributed by atoms with Crippen LogP contribution < -0.4 is 4.74 Å². The summed E-state index contributed by atoms with van der Waals surface area (Å²) < 4.78 is 5.74. The number of rotatable bonds is 4. The largest absolute Gasteiger partial charge is 0.492 e. The first-order valence-electron chi connectivity index (χ1n) is 7.33. The molecule has 2 heteroatoms. The molecule has 0 spiro atoms. The zero-order valence-electron chi connectivity index (χ0n) is 11.8. The number of halogens is 1. The molecule has 2 aromatic rings. The Labute approximate surface area is 125 Å². The van der Waals surface area contributed by atoms with Gasteiger partial charge in [0.2, 0.25) is 0 Å². The molecule has 0 saturated carbocycles. The normalized spacial score (nSPS) is 13.3. The third-order valence-electron chi connectivity index (χ3n) is 3.86. The summed E-state index contributed by atoms with van der Waals surface area (Å²) in [7, 11) is 0. The average Bonchev–Trinajstić information content (AvgIpc) is 2.95. The molecular weight excluding hydrogens is 268 g/mol. The van der Waals surface area contributed by atoms with Crippen LogP contribution in [0.5, 0.6) is 5.75 Å². The number of aryl methyl sites for hydroxylation is 1. The lowest BCUT2D eigenvalue weighted by atomic mass is 9.97. The maximum absolute atomic E-state index is 6.56. The van der Waals surface area contributed by atoms with E-state index >= 15 is 0 Å². The van der Waals surface area contributed by atoms with Crippen LogP contribution >= 0.6 is 11.6 Å². The zero-order chi connectivity index (χ0) is 13.9. The minimum Gasteiger partial charge on any atom is -0.492 e. The Kier molecular flexibility index (Phi) is 3.98. The van der Waals surface area contributed by atoms with Crippen LogP contribution in [0.2, 0.25) is 5.02 Å². The van der Waals surface area contributed by atoms with Crippen LogP contribution in [0.1, 0.15) is 30.9 Å². The highest BCUT2D eigenvalue weighted by atomic mass is 35.5. The van der Waals surface area contributed by atoms with Crippen LogP contribution in [-0.2, 0) is 12.8 Å². The fourth-order valence-electron chi connectivity index (χ4n) is 2.91. The molecule has 104 valence electrons. The van der Waals surface area contributed by atoms with Gasteiger partial charge in [0, 0.05) is 5.56 Å². The molecule has 0 atom stereocenters. The first-order chi connectivity index (χ1) is 9.81. The molecule has 2 aromatic carbocycles. The number of hydrogen-bond donors (Lipinski definition) is 0. The van der Waals surface area contributed by atoms with Gasteiger partial charge in [0.1, 0.15) is 5.75 Å². The van der Waals surface area contributed by atoms with E-state index in [4.69, 9.17) is 16.3 Å². The van der Waals surface area contributed by atoms with Crippen molar-refractivity contribution in [2.45, 2.75) is 32.6 Å². The molecule has 0 unspecified atom stereocenters. The van der Waals surface area contributed by atoms with Crippen molar-refractivity contribution in [3.05, 3.63) is 52.5 Å². The van der Waals surface area contributed by atoms with Crippen LogP contribution in [0, 0.1) is 0 Å². The summed E-state index contributed by atoms with van der Waals surface area (Å²) in [6.45, 7) is 2.80. The molecule has 0 saturated heterocycles. The molecule has 3 rings (SSSR count). The Morgan fingerprint density at radius 3 is 2.70 bits per heavy atom. The van der Waals surface area contributed by atoms with Crippen molar-refractivity contribution in [1.82, 2.24) is 0 Å². The molecule has 1 aliphatic carbocycles. The van der Waals surface area contributed by atoms with E-state index in [0.29, 0.717) is 6.61 Å². The summed E-state index contributed by atoms with van der Waals surface area (Å²) in [6, 6.07) is 12.6. The first-order valence-corrected chi connectivity index (χ1v) is 7.71. The van der Waals surface area contributed by atoms with Crippen LogP contribution in [0.4, 0.5) is 0 Å². The van der Waals surface area contributed by atoms with Crippen molar-refractivity contribution >= 4 is 11.6 Å². The summed E-state index contributed by atoms with van der Waals surface area (Å²) in [5.74, 6) is 0.793. The summed E-state index contributed by atoms with van der Waals surface area (Å²) in [5.41, 5.74) is 5.30. The number of fused-ring (bicyclic) bond motifs is 1. The van der Waals surface area contributed by atoms with E-state index in [1.807, 2.05) is 12.1 Å². The van der Waals surface area contributed by atoms with E-state index in [-0.39, 0.29) is 0 Å². The Morgan fingerprint density at radius 1 is 1.05 bits per heavy atom. The number of hydrogen-bond acceptors (Lipinski definition) is 1. The van der Waals surface area contributed by atoms with Gasteiger partial charge >= 0.3 is 0 Å². The minimum absolute atomic E-state index is 0.704. The summed E-state index contributed by atoms with van der Waals surface area (Å²) >= 11 is 6.56. The zero-order valence-corrected chi connectivity index (χ0v) is 12.5. The van der Waals surface area contributed by atoms with E-state index in [2.05, 4.69) is 31.2 Å². The maximum Gasteiger partial charge on any atom is 0.138 e. The van der Waals surface area contributed by atoms with Crippen LogP contribution in [0.25, 0.3) is 11.1 Å². The van der Waals surface area contributed by atoms with Crippen LogP contribution in [-0.4, -0.2) is 6.61 Å². The van der Waals surface area contributed by atoms with Gasteiger partial charge in [0.25, 0.3) is 0 Å². The van der Waals surface area contributed by atoms with Gasteiger partial charge in [-0.05, 0) is 48.4 Å². The molecule has 0 aliphatic heterocycles. The monoisotopic (exact) mass is 286 g/mol. The smallest absolute Gasteiger partial charge is 0.138 e. The number of benzene rings is 2. The second-order valence-electron chi connectivity index (χ2n) is 5.26. The molecule has 1 nitrogen and oxygen atoms in total. The van der Waals surface area contributed by atoms with Gasteiger partial charge in [-0.1, -0.05) is 48.9 Å². The topological polar surface area (TPSA) is 9.23 Å². The molecule has 0 N–H and O–H groups in total. The molecular formula is C18H19ClO. The highest BCUT2D eigenvalue weighted by molar-refractivity contribution is 6.34. The quantitative estimate of drug-likeness (QED) is 0.742. The molecule has 0 radical (unpaired) electrons. The number of ether oxygens (including phenoxy) is 1. The molecule has 0 bridgehead atoms. The second-order valence-corrected chi connectivity index (χ2v) is 5.64. The minimum atomic E-state index is 0.704. The summed E-state index contributed by atoms with van der Waals surface area (Å²) in [5, 5.41) is 0.737. The van der Waals surface area contributed by atoms with E-state index in [0.717, 1.165) is 29.2 Å². The predicted octanol–water partition coefficient (Wildman–Crippen LogP) is 5.28. The lowest BCUT2D eigenvalue weighted by Gasteiger charge is -2.13. The SMILES string of the molecule is CCCOc1cccc(-c2cccc3c2CCC3)c1Cl. The van der Waals surface area contributed by atoms with Crippen molar-refractivity contribution in [2.24, 2.45) is 0 Å². The Bertz CT molecular complexity index is 619. The van der Waals surface area contributed by atoms with Crippen molar-refractivity contribution in [3.8, 4) is 16.9 Å². The molecule has 0 heterocycles. The lowest BCUT2D eigenvalue weighted by molar-refractivity contribution is 0.318. The maximum atomic E-state index is 6.56. The molecule has 0 fully saturated rings. The fraction of sp³-hybridized carbons (Fsp3) is 0.333. The Balaban J connectivity index is 2.05. The van der Waals surface area contributed by atoms with Crippen molar-refractivity contribution in [1.29, 1.82) is 0 Å². The average molecular weight is 287 g/mol. The van der Waals surface area contributed by atoms with E-state index in [9.17, 15) is 0 Å². The highest BCUT2D eigenvalue weighted by Crippen LogP contribution is 2.39. The van der Waals surface area contributed by atoms with E-state index in [1.165, 1.54) is 29.5 Å². The van der Waals surface area contributed by atoms with Gasteiger partial charge in [-0.2, -0.15) is 0 Å². The van der Waals surface area contributed by atoms with Gasteiger partial charge in [0.15, 0.2) is 0 Å². The van der Waals surface area contributed by atoms with E-state index < -0.39 is 0 Å². The van der Waals surface area contributed by atoms with Gasteiger partial charge in [-0.25, -0.2) is 0 Å². The first kappa shape index (κ1) is 13.5. The van der Waals surface area contributed by atoms with Crippen molar-refractivity contribution < 1.29 is 4.74 Å². The summed E-state index contributed by atoms with van der Waals surface area (Å²) in [6.07, 6.45) is 4.58. The van der Waals surface area contributed by atoms with Crippen LogP contribution in [0.3, 0.4) is 0 Å². The third-order valence-corrected chi connectivity index (χ3v) is 4.25. The highest BCUT2D eigenvalue weighted by Gasteiger charge is 2.18. The predicted molar refractivity (Wildman–Crippen MR) is 84.7 cm³/mol. The van der Waals surface area contributed by atoms with Gasteiger partial charge in [-0.3, -0.25) is 0 Å². The molecule has 20 heavy (non-hydrogen) atoms. The fourth-order valence-corrected chi connectivity index (χ4v) is 3.20. The molecule has 0 amide bonds. The molecule has 0 aromatic heterocycles. The van der Waals surface area contributed by atoms with Gasteiger partial charge in [0.05, 0.1) is 11.6 Å². The summed E-state index contributed by atoms with van der Waals surface area (Å²) in [4.78, 5) is 0. The Hall–Kier alpha value is -1.47. The van der Waals surface area contributed by atoms with Crippen molar-refractivity contribution in [3.63, 3.8) is 0 Å². The van der Waals surface area contributed by atoms with E-state index in [1.54, 1.807) is 0 Å². The Morgan fingerprint density at radius 2 is 1.85 bits per heavy atom. The van der Waals surface area contributed by atoms with Crippen molar-refractivity contribution in [2.75, 3.05) is 6.61 Å². The van der Waals surface area contributed by atoms with Gasteiger partial charge < -0.3 is 4.74 Å². The lowest BCUT2D eigenvalue weighted by Crippen LogP contribution is -1.97. The molecule has 1 aliphatic rings.